The van der Waals surface area contributed by atoms with Crippen LogP contribution in [0.15, 0.2) is 66.0 Å². The summed E-state index contributed by atoms with van der Waals surface area (Å²) < 4.78 is 24.9. The molecule has 1 heterocycles. The number of nitrogens with zero attached hydrogens (tertiary/aromatic N) is 1. The molecule has 0 saturated carbocycles. The number of aromatic carboxylic acids is 1. The van der Waals surface area contributed by atoms with Crippen LogP contribution >= 0.6 is 11.3 Å². The zero-order valence-corrected chi connectivity index (χ0v) is 15.3. The van der Waals surface area contributed by atoms with Crippen LogP contribution in [0.1, 0.15) is 21.5 Å². The summed E-state index contributed by atoms with van der Waals surface area (Å²) in [6, 6.07) is 17.7. The second kappa shape index (κ2) is 8.27. The summed E-state index contributed by atoms with van der Waals surface area (Å²) in [6.45, 7) is 0. The molecule has 0 radical (unpaired) electrons. The summed E-state index contributed by atoms with van der Waals surface area (Å²) in [5.74, 6) is -0.963. The molecule has 1 atom stereocenters. The van der Waals surface area contributed by atoms with Crippen LogP contribution in [-0.2, 0) is 24.1 Å². The highest BCUT2D eigenvalue weighted by molar-refractivity contribution is 7.81. The third kappa shape index (κ3) is 4.01. The normalized spacial score (nSPS) is 11.9. The topological polar surface area (TPSA) is 80.7 Å². The summed E-state index contributed by atoms with van der Waals surface area (Å²) in [7, 11) is 0. The Kier molecular flexibility index (Phi) is 5.82. The van der Waals surface area contributed by atoms with Crippen molar-refractivity contribution in [1.82, 2.24) is 0 Å². The fraction of sp³-hybridized carbons (Fsp3) is 0.105. The zero-order valence-electron chi connectivity index (χ0n) is 13.7. The van der Waals surface area contributed by atoms with Gasteiger partial charge in [0.1, 0.15) is 5.00 Å². The minimum absolute atomic E-state index is 0.271. The average molecular weight is 386 g/mol. The number of carboxylic acids is 1. The molecule has 0 aliphatic heterocycles. The number of carboxylic acid groups (broad SMARTS) is 1. The molecule has 26 heavy (non-hydrogen) atoms. The van der Waals surface area contributed by atoms with Gasteiger partial charge in [-0.05, 0) is 53.6 Å². The van der Waals surface area contributed by atoms with E-state index in [0.717, 1.165) is 11.1 Å². The van der Waals surface area contributed by atoms with Crippen molar-refractivity contribution in [3.05, 3.63) is 82.7 Å². The Morgan fingerprint density at radius 3 is 2.31 bits per heavy atom. The lowest BCUT2D eigenvalue weighted by molar-refractivity contribution is 0.0695. The fourth-order valence-corrected chi connectivity index (χ4v) is 4.30. The highest BCUT2D eigenvalue weighted by Gasteiger charge is 2.16. The molecular weight excluding hydrogens is 370 g/mol. The molecule has 0 fully saturated rings. The third-order valence-corrected chi connectivity index (χ3v) is 5.64. The lowest BCUT2D eigenvalue weighted by atomic mass is 9.99. The quantitative estimate of drug-likeness (QED) is 0.618. The fourth-order valence-electron chi connectivity index (χ4n) is 2.79. The predicted molar refractivity (Wildman–Crippen MR) is 103 cm³/mol. The minimum Gasteiger partial charge on any atom is -0.755 e. The van der Waals surface area contributed by atoms with Crippen molar-refractivity contribution in [1.29, 1.82) is 0 Å². The van der Waals surface area contributed by atoms with Crippen molar-refractivity contribution >= 4 is 39.3 Å². The van der Waals surface area contributed by atoms with Gasteiger partial charge in [-0.1, -0.05) is 36.4 Å². The first-order chi connectivity index (χ1) is 12.6. The number of para-hydroxylation sites is 1. The van der Waals surface area contributed by atoms with Gasteiger partial charge < -0.3 is 9.66 Å². The van der Waals surface area contributed by atoms with Gasteiger partial charge in [-0.15, -0.1) is 11.3 Å². The van der Waals surface area contributed by atoms with Crippen LogP contribution in [0.3, 0.4) is 0 Å². The molecule has 134 valence electrons. The van der Waals surface area contributed by atoms with Gasteiger partial charge in [0.15, 0.2) is 0 Å². The Morgan fingerprint density at radius 1 is 1.00 bits per heavy atom. The Labute approximate surface area is 158 Å². The van der Waals surface area contributed by atoms with E-state index in [9.17, 15) is 18.7 Å². The van der Waals surface area contributed by atoms with Gasteiger partial charge in [0.2, 0.25) is 0 Å². The molecule has 3 aromatic rings. The van der Waals surface area contributed by atoms with Gasteiger partial charge in [-0.25, -0.2) is 4.79 Å². The van der Waals surface area contributed by atoms with Crippen molar-refractivity contribution in [2.75, 3.05) is 4.31 Å². The molecule has 3 rings (SSSR count). The highest BCUT2D eigenvalue weighted by atomic mass is 32.2. The maximum absolute atomic E-state index is 11.8. The number of anilines is 2. The summed E-state index contributed by atoms with van der Waals surface area (Å²) in [6.07, 6.45) is 1.03. The third-order valence-electron chi connectivity index (χ3n) is 3.98. The largest absolute Gasteiger partial charge is 0.755 e. The van der Waals surface area contributed by atoms with Crippen molar-refractivity contribution < 1.29 is 18.7 Å². The van der Waals surface area contributed by atoms with Crippen LogP contribution in [0.5, 0.6) is 0 Å². The number of benzene rings is 2. The van der Waals surface area contributed by atoms with Crippen LogP contribution in [0, 0.1) is 0 Å². The second-order valence-corrected chi connectivity index (χ2v) is 7.28. The van der Waals surface area contributed by atoms with Gasteiger partial charge in [-0.2, -0.15) is 0 Å². The number of rotatable bonds is 7. The molecule has 0 aliphatic rings. The summed E-state index contributed by atoms with van der Waals surface area (Å²) >= 11 is -1.12. The summed E-state index contributed by atoms with van der Waals surface area (Å²) in [4.78, 5) is 11.4. The summed E-state index contributed by atoms with van der Waals surface area (Å²) in [5, 5.41) is 11.7. The molecule has 0 amide bonds. The van der Waals surface area contributed by atoms with E-state index < -0.39 is 17.2 Å². The molecule has 0 aliphatic carbocycles. The smallest absolute Gasteiger partial charge is 0.335 e. The minimum atomic E-state index is -2.45. The average Bonchev–Trinajstić information content (AvgIpc) is 3.15. The Morgan fingerprint density at radius 2 is 1.65 bits per heavy atom. The SMILES string of the molecule is O=C(O)c1ccccc1CCc1ccccc1N(c1cccs1)S(=O)[O-]. The lowest BCUT2D eigenvalue weighted by Gasteiger charge is -2.27. The van der Waals surface area contributed by atoms with Crippen molar-refractivity contribution in [2.24, 2.45) is 0 Å². The maximum Gasteiger partial charge on any atom is 0.335 e. The second-order valence-electron chi connectivity index (χ2n) is 5.55. The van der Waals surface area contributed by atoms with Crippen molar-refractivity contribution in [2.45, 2.75) is 12.8 Å². The van der Waals surface area contributed by atoms with E-state index >= 15 is 0 Å². The Hall–Kier alpha value is -2.48. The molecule has 1 unspecified atom stereocenters. The highest BCUT2D eigenvalue weighted by Crippen LogP contribution is 2.33. The molecule has 1 aromatic heterocycles. The lowest BCUT2D eigenvalue weighted by Crippen LogP contribution is -2.20. The molecule has 0 spiro atoms. The standard InChI is InChI=1S/C19H17NO4S2/c21-19(22)16-8-3-1-6-14(16)11-12-15-7-2-4-9-17(15)20(26(23)24)18-10-5-13-25-18/h1-10,13H,11-12H2,(H,21,22)(H,23,24)/p-1. The zero-order chi connectivity index (χ0) is 18.5. The van der Waals surface area contributed by atoms with E-state index in [1.807, 2.05) is 17.5 Å². The van der Waals surface area contributed by atoms with Gasteiger partial charge in [0, 0.05) is 0 Å². The van der Waals surface area contributed by atoms with E-state index in [1.54, 1.807) is 48.5 Å². The van der Waals surface area contributed by atoms with E-state index in [2.05, 4.69) is 0 Å². The van der Waals surface area contributed by atoms with Gasteiger partial charge in [0.05, 0.1) is 22.5 Å². The van der Waals surface area contributed by atoms with Gasteiger partial charge >= 0.3 is 5.97 Å². The van der Waals surface area contributed by atoms with Crippen molar-refractivity contribution in [3.8, 4) is 0 Å². The monoisotopic (exact) mass is 386 g/mol. The van der Waals surface area contributed by atoms with Crippen LogP contribution in [0.4, 0.5) is 10.7 Å². The Bertz CT molecular complexity index is 925. The van der Waals surface area contributed by atoms with E-state index in [1.165, 1.54) is 15.6 Å². The molecule has 7 heteroatoms. The first-order valence-corrected chi connectivity index (χ1v) is 9.81. The number of hydrogen-bond donors (Lipinski definition) is 1. The van der Waals surface area contributed by atoms with E-state index in [-0.39, 0.29) is 5.56 Å². The first-order valence-electron chi connectivity index (χ1n) is 7.90. The van der Waals surface area contributed by atoms with Crippen LogP contribution in [0.25, 0.3) is 0 Å². The number of thiophene rings is 1. The van der Waals surface area contributed by atoms with Crippen molar-refractivity contribution in [3.63, 3.8) is 0 Å². The Balaban J connectivity index is 1.91. The number of aryl methyl sites for hydroxylation is 2. The van der Waals surface area contributed by atoms with Crippen LogP contribution in [0.2, 0.25) is 0 Å². The van der Waals surface area contributed by atoms with Crippen LogP contribution in [-0.4, -0.2) is 19.8 Å². The van der Waals surface area contributed by atoms with Gasteiger partial charge in [0.25, 0.3) is 0 Å². The van der Waals surface area contributed by atoms with Gasteiger partial charge in [-0.3, -0.25) is 8.51 Å². The first kappa shape index (κ1) is 18.3. The molecule has 5 nitrogen and oxygen atoms in total. The molecule has 2 aromatic carbocycles. The number of carbonyl (C=O) groups is 1. The molecular formula is C19H16NO4S2-. The van der Waals surface area contributed by atoms with Crippen LogP contribution < -0.4 is 4.31 Å². The van der Waals surface area contributed by atoms with E-state index in [0.29, 0.717) is 23.5 Å². The number of hydrogen-bond acceptors (Lipinski definition) is 4. The molecule has 0 saturated heterocycles. The predicted octanol–water partition coefficient (Wildman–Crippen LogP) is 4.16. The maximum atomic E-state index is 11.8. The molecule has 0 bridgehead atoms. The molecule has 1 N–H and O–H groups in total. The summed E-state index contributed by atoms with van der Waals surface area (Å²) in [5.41, 5.74) is 2.41. The van der Waals surface area contributed by atoms with E-state index in [4.69, 9.17) is 0 Å².